The molecule has 1 saturated heterocycles. The SMILES string of the molecule is CN1CCSCC1C(=O)c1cccc2ccccc12. The summed E-state index contributed by atoms with van der Waals surface area (Å²) in [4.78, 5) is 15.0. The minimum Gasteiger partial charge on any atom is -0.295 e. The minimum atomic E-state index is 0.0181. The molecular formula is C16H17NOS. The summed E-state index contributed by atoms with van der Waals surface area (Å²) in [5.74, 6) is 2.28. The normalized spacial score (nSPS) is 20.6. The van der Waals surface area contributed by atoms with Crippen molar-refractivity contribution in [3.63, 3.8) is 0 Å². The van der Waals surface area contributed by atoms with E-state index in [1.807, 2.05) is 49.1 Å². The first-order valence-electron chi connectivity index (χ1n) is 6.57. The molecule has 0 aromatic heterocycles. The molecule has 1 aliphatic heterocycles. The van der Waals surface area contributed by atoms with Crippen molar-refractivity contribution in [2.45, 2.75) is 6.04 Å². The molecule has 0 radical (unpaired) electrons. The van der Waals surface area contributed by atoms with E-state index in [0.29, 0.717) is 0 Å². The van der Waals surface area contributed by atoms with Crippen LogP contribution in [0.1, 0.15) is 10.4 Å². The Hall–Kier alpha value is -1.32. The second-order valence-corrected chi connectivity index (χ2v) is 6.11. The first kappa shape index (κ1) is 12.7. The molecule has 1 unspecified atom stereocenters. The molecule has 1 heterocycles. The van der Waals surface area contributed by atoms with Gasteiger partial charge < -0.3 is 0 Å². The zero-order chi connectivity index (χ0) is 13.2. The van der Waals surface area contributed by atoms with Crippen molar-refractivity contribution in [2.24, 2.45) is 0 Å². The minimum absolute atomic E-state index is 0.0181. The number of Topliss-reactive ketones (excluding diaryl/α,β-unsaturated/α-hetero) is 1. The highest BCUT2D eigenvalue weighted by atomic mass is 32.2. The lowest BCUT2D eigenvalue weighted by molar-refractivity contribution is 0.0876. The van der Waals surface area contributed by atoms with Gasteiger partial charge in [-0.1, -0.05) is 42.5 Å². The number of rotatable bonds is 2. The molecule has 2 aromatic rings. The van der Waals surface area contributed by atoms with Crippen molar-refractivity contribution in [1.82, 2.24) is 4.90 Å². The van der Waals surface area contributed by atoms with Crippen LogP contribution < -0.4 is 0 Å². The largest absolute Gasteiger partial charge is 0.295 e. The third-order valence-electron chi connectivity index (χ3n) is 3.75. The van der Waals surface area contributed by atoms with Gasteiger partial charge in [-0.3, -0.25) is 9.69 Å². The van der Waals surface area contributed by atoms with Gasteiger partial charge in [0.15, 0.2) is 5.78 Å². The maximum atomic E-state index is 12.8. The fourth-order valence-electron chi connectivity index (χ4n) is 2.58. The number of thioether (sulfide) groups is 1. The Morgan fingerprint density at radius 3 is 2.84 bits per heavy atom. The smallest absolute Gasteiger partial charge is 0.181 e. The summed E-state index contributed by atoms with van der Waals surface area (Å²) < 4.78 is 0. The van der Waals surface area contributed by atoms with Gasteiger partial charge in [0.2, 0.25) is 0 Å². The fourth-order valence-corrected chi connectivity index (χ4v) is 3.80. The number of carbonyl (C=O) groups excluding carboxylic acids is 1. The monoisotopic (exact) mass is 271 g/mol. The summed E-state index contributed by atoms with van der Waals surface area (Å²) in [6.07, 6.45) is 0. The first-order valence-corrected chi connectivity index (χ1v) is 7.73. The van der Waals surface area contributed by atoms with Crippen LogP contribution in [0.4, 0.5) is 0 Å². The number of ketones is 1. The van der Waals surface area contributed by atoms with E-state index < -0.39 is 0 Å². The summed E-state index contributed by atoms with van der Waals surface area (Å²) in [6.45, 7) is 0.992. The zero-order valence-corrected chi connectivity index (χ0v) is 11.8. The van der Waals surface area contributed by atoms with E-state index in [4.69, 9.17) is 0 Å². The summed E-state index contributed by atoms with van der Waals surface area (Å²) in [5.41, 5.74) is 0.859. The van der Waals surface area contributed by atoms with Gasteiger partial charge in [-0.2, -0.15) is 11.8 Å². The Bertz CT molecular complexity index is 605. The average molecular weight is 271 g/mol. The number of carbonyl (C=O) groups is 1. The standard InChI is InChI=1S/C16H17NOS/c1-17-9-10-19-11-15(17)16(18)14-8-4-6-12-5-2-3-7-13(12)14/h2-8,15H,9-11H2,1H3. The van der Waals surface area contributed by atoms with Gasteiger partial charge in [0.1, 0.15) is 0 Å². The van der Waals surface area contributed by atoms with Gasteiger partial charge in [0, 0.05) is 23.6 Å². The van der Waals surface area contributed by atoms with Gasteiger partial charge >= 0.3 is 0 Å². The molecule has 2 nitrogen and oxygen atoms in total. The summed E-state index contributed by atoms with van der Waals surface area (Å²) in [6, 6.07) is 14.1. The molecule has 2 aromatic carbocycles. The van der Waals surface area contributed by atoms with E-state index in [2.05, 4.69) is 17.0 Å². The van der Waals surface area contributed by atoms with Crippen LogP contribution in [0.3, 0.4) is 0 Å². The van der Waals surface area contributed by atoms with Crippen LogP contribution in [-0.4, -0.2) is 41.8 Å². The van der Waals surface area contributed by atoms with Crippen LogP contribution in [0, 0.1) is 0 Å². The second kappa shape index (κ2) is 5.35. The van der Waals surface area contributed by atoms with Gasteiger partial charge in [0.25, 0.3) is 0 Å². The first-order chi connectivity index (χ1) is 9.27. The van der Waals surface area contributed by atoms with Crippen molar-refractivity contribution in [1.29, 1.82) is 0 Å². The third-order valence-corrected chi connectivity index (χ3v) is 4.78. The average Bonchev–Trinajstić information content (AvgIpc) is 2.46. The van der Waals surface area contributed by atoms with Gasteiger partial charge in [-0.15, -0.1) is 0 Å². The Balaban J connectivity index is 2.01. The Morgan fingerprint density at radius 1 is 1.21 bits per heavy atom. The molecule has 3 heteroatoms. The predicted octanol–water partition coefficient (Wildman–Crippen LogP) is 3.07. The Morgan fingerprint density at radius 2 is 2.00 bits per heavy atom. The molecule has 0 spiro atoms. The van der Waals surface area contributed by atoms with Crippen LogP contribution in [0.15, 0.2) is 42.5 Å². The quantitative estimate of drug-likeness (QED) is 0.783. The highest BCUT2D eigenvalue weighted by Crippen LogP contribution is 2.24. The lowest BCUT2D eigenvalue weighted by Gasteiger charge is -2.31. The predicted molar refractivity (Wildman–Crippen MR) is 82.0 cm³/mol. The number of hydrogen-bond acceptors (Lipinski definition) is 3. The van der Waals surface area contributed by atoms with E-state index in [0.717, 1.165) is 34.4 Å². The molecule has 0 aliphatic carbocycles. The number of fused-ring (bicyclic) bond motifs is 1. The number of nitrogens with zero attached hydrogens (tertiary/aromatic N) is 1. The van der Waals surface area contributed by atoms with Crippen molar-refractivity contribution in [3.05, 3.63) is 48.0 Å². The lowest BCUT2D eigenvalue weighted by atomic mass is 9.97. The lowest BCUT2D eigenvalue weighted by Crippen LogP contribution is -2.44. The van der Waals surface area contributed by atoms with Crippen LogP contribution in [0.25, 0.3) is 10.8 Å². The third kappa shape index (κ3) is 2.40. The number of hydrogen-bond donors (Lipinski definition) is 0. The van der Waals surface area contributed by atoms with Crippen LogP contribution in [-0.2, 0) is 0 Å². The van der Waals surface area contributed by atoms with E-state index in [-0.39, 0.29) is 11.8 Å². The summed E-state index contributed by atoms with van der Waals surface area (Å²) >= 11 is 1.87. The van der Waals surface area contributed by atoms with Crippen molar-refractivity contribution in [2.75, 3.05) is 25.1 Å². The number of benzene rings is 2. The molecule has 0 amide bonds. The van der Waals surface area contributed by atoms with Crippen LogP contribution >= 0.6 is 11.8 Å². The van der Waals surface area contributed by atoms with E-state index in [1.165, 1.54) is 0 Å². The molecule has 1 fully saturated rings. The molecule has 98 valence electrons. The zero-order valence-electron chi connectivity index (χ0n) is 11.0. The highest BCUT2D eigenvalue weighted by Gasteiger charge is 2.27. The Kier molecular flexibility index (Phi) is 3.58. The molecule has 0 bridgehead atoms. The molecular weight excluding hydrogens is 254 g/mol. The van der Waals surface area contributed by atoms with E-state index >= 15 is 0 Å². The fraction of sp³-hybridized carbons (Fsp3) is 0.312. The van der Waals surface area contributed by atoms with Crippen LogP contribution in [0.2, 0.25) is 0 Å². The molecule has 0 N–H and O–H groups in total. The topological polar surface area (TPSA) is 20.3 Å². The van der Waals surface area contributed by atoms with Crippen molar-refractivity contribution >= 4 is 28.3 Å². The molecule has 1 aliphatic rings. The molecule has 0 saturated carbocycles. The number of likely N-dealkylation sites (N-methyl/N-ethyl adjacent to an activating group) is 1. The molecule has 3 rings (SSSR count). The van der Waals surface area contributed by atoms with Gasteiger partial charge in [-0.25, -0.2) is 0 Å². The van der Waals surface area contributed by atoms with E-state index in [1.54, 1.807) is 0 Å². The maximum absolute atomic E-state index is 12.8. The van der Waals surface area contributed by atoms with Gasteiger partial charge in [-0.05, 0) is 17.8 Å². The van der Waals surface area contributed by atoms with E-state index in [9.17, 15) is 4.79 Å². The van der Waals surface area contributed by atoms with Gasteiger partial charge in [0.05, 0.1) is 6.04 Å². The molecule has 19 heavy (non-hydrogen) atoms. The summed E-state index contributed by atoms with van der Waals surface area (Å²) in [7, 11) is 2.05. The highest BCUT2D eigenvalue weighted by molar-refractivity contribution is 7.99. The maximum Gasteiger partial charge on any atom is 0.181 e. The Labute approximate surface area is 117 Å². The molecule has 1 atom stereocenters. The summed E-state index contributed by atoms with van der Waals surface area (Å²) in [5, 5.41) is 2.21. The van der Waals surface area contributed by atoms with Crippen LogP contribution in [0.5, 0.6) is 0 Å². The van der Waals surface area contributed by atoms with Crippen molar-refractivity contribution in [3.8, 4) is 0 Å². The second-order valence-electron chi connectivity index (χ2n) is 4.96. The van der Waals surface area contributed by atoms with Crippen molar-refractivity contribution < 1.29 is 4.79 Å².